The summed E-state index contributed by atoms with van der Waals surface area (Å²) in [7, 11) is 0. The fraction of sp³-hybridized carbons (Fsp3) is 0.400. The van der Waals surface area contributed by atoms with Crippen LogP contribution in [0.3, 0.4) is 0 Å². The fourth-order valence-electron chi connectivity index (χ4n) is 3.24. The summed E-state index contributed by atoms with van der Waals surface area (Å²) in [6.07, 6.45) is 2.83. The number of nitrogens with zero attached hydrogens (tertiary/aromatic N) is 3. The summed E-state index contributed by atoms with van der Waals surface area (Å²) < 4.78 is 0. The topological polar surface area (TPSA) is 67.8 Å². The molecule has 0 aliphatic heterocycles. The summed E-state index contributed by atoms with van der Waals surface area (Å²) in [5.41, 5.74) is 3.39. The maximum absolute atomic E-state index is 13.0. The lowest BCUT2D eigenvalue weighted by atomic mass is 9.99. The number of aromatic nitrogens is 3. The third kappa shape index (κ3) is 3.46. The Balaban J connectivity index is 1.97. The Labute approximate surface area is 157 Å². The van der Waals surface area contributed by atoms with E-state index in [1.54, 1.807) is 0 Å². The van der Waals surface area contributed by atoms with Crippen molar-refractivity contribution < 1.29 is 4.79 Å². The van der Waals surface area contributed by atoms with Crippen LogP contribution in [0.2, 0.25) is 0 Å². The summed E-state index contributed by atoms with van der Waals surface area (Å²) in [5, 5.41) is 13.8. The number of fused-ring (bicyclic) bond motifs is 1. The van der Waals surface area contributed by atoms with Gasteiger partial charge in [-0.2, -0.15) is 0 Å². The number of rotatable bonds is 6. The van der Waals surface area contributed by atoms with Gasteiger partial charge in [-0.05, 0) is 37.8 Å². The van der Waals surface area contributed by atoms with Crippen molar-refractivity contribution in [1.82, 2.24) is 15.2 Å². The maximum Gasteiger partial charge on any atom is 0.258 e. The maximum atomic E-state index is 13.0. The van der Waals surface area contributed by atoms with Gasteiger partial charge in [-0.15, -0.1) is 10.2 Å². The second-order valence-corrected chi connectivity index (χ2v) is 7.35. The van der Waals surface area contributed by atoms with Crippen molar-refractivity contribution in [3.8, 4) is 0 Å². The Morgan fingerprint density at radius 3 is 2.58 bits per heavy atom. The van der Waals surface area contributed by atoms with E-state index in [0.29, 0.717) is 16.6 Å². The number of hydrogen-bond donors (Lipinski definition) is 1. The van der Waals surface area contributed by atoms with Crippen molar-refractivity contribution in [2.45, 2.75) is 52.9 Å². The molecule has 0 aliphatic carbocycles. The smallest absolute Gasteiger partial charge is 0.258 e. The summed E-state index contributed by atoms with van der Waals surface area (Å²) in [6, 6.07) is 7.76. The molecule has 6 heteroatoms. The van der Waals surface area contributed by atoms with E-state index in [1.807, 2.05) is 31.2 Å². The van der Waals surface area contributed by atoms with Crippen LogP contribution < -0.4 is 5.32 Å². The average Bonchev–Trinajstić information content (AvgIpc) is 3.10. The first-order valence-corrected chi connectivity index (χ1v) is 9.93. The minimum absolute atomic E-state index is 0.150. The van der Waals surface area contributed by atoms with Crippen molar-refractivity contribution in [2.75, 3.05) is 5.32 Å². The minimum Gasteiger partial charge on any atom is -0.296 e. The van der Waals surface area contributed by atoms with Gasteiger partial charge in [-0.1, -0.05) is 50.3 Å². The van der Waals surface area contributed by atoms with Crippen LogP contribution in [0.25, 0.3) is 10.9 Å². The van der Waals surface area contributed by atoms with Gasteiger partial charge < -0.3 is 0 Å². The van der Waals surface area contributed by atoms with Crippen molar-refractivity contribution in [1.29, 1.82) is 0 Å². The highest BCUT2D eigenvalue weighted by molar-refractivity contribution is 7.15. The summed E-state index contributed by atoms with van der Waals surface area (Å²) in [6.45, 7) is 8.31. The molecule has 1 N–H and O–H groups in total. The van der Waals surface area contributed by atoms with E-state index >= 15 is 0 Å². The standard InChI is InChI=1S/C20H24N4OS/c1-5-13(6-2)19-23-24-20(26-19)22-18(25)17-12(4)15(7-3)21-16-11-9-8-10-14(16)17/h8-11,13H,5-7H2,1-4H3,(H,22,24,25). The Kier molecular flexibility index (Phi) is 5.61. The predicted molar refractivity (Wildman–Crippen MR) is 107 cm³/mol. The molecule has 0 radical (unpaired) electrons. The first-order chi connectivity index (χ1) is 12.6. The van der Waals surface area contributed by atoms with Gasteiger partial charge in [0.05, 0.1) is 11.1 Å². The zero-order chi connectivity index (χ0) is 18.7. The van der Waals surface area contributed by atoms with Crippen LogP contribution in [0.1, 0.15) is 66.2 Å². The molecule has 3 aromatic rings. The zero-order valence-corrected chi connectivity index (χ0v) is 16.5. The molecule has 5 nitrogen and oxygen atoms in total. The van der Waals surface area contributed by atoms with Crippen LogP contribution in [0, 0.1) is 6.92 Å². The molecule has 0 aliphatic rings. The molecule has 0 spiro atoms. The van der Waals surface area contributed by atoms with Crippen molar-refractivity contribution in [3.05, 3.63) is 46.1 Å². The van der Waals surface area contributed by atoms with E-state index in [2.05, 4.69) is 41.3 Å². The Hall–Kier alpha value is -2.34. The summed E-state index contributed by atoms with van der Waals surface area (Å²) >= 11 is 1.46. The van der Waals surface area contributed by atoms with Crippen LogP contribution in [0.5, 0.6) is 0 Å². The SMILES string of the molecule is CCc1nc2ccccc2c(C(=O)Nc2nnc(C(CC)CC)s2)c1C. The van der Waals surface area contributed by atoms with Gasteiger partial charge in [0.15, 0.2) is 0 Å². The summed E-state index contributed by atoms with van der Waals surface area (Å²) in [4.78, 5) is 17.7. The largest absolute Gasteiger partial charge is 0.296 e. The van der Waals surface area contributed by atoms with Gasteiger partial charge in [0, 0.05) is 17.0 Å². The number of nitrogens with one attached hydrogen (secondary N) is 1. The molecular formula is C20H24N4OS. The number of para-hydroxylation sites is 1. The van der Waals surface area contributed by atoms with Gasteiger partial charge in [0.1, 0.15) is 5.01 Å². The van der Waals surface area contributed by atoms with E-state index in [-0.39, 0.29) is 5.91 Å². The lowest BCUT2D eigenvalue weighted by Crippen LogP contribution is -2.15. The average molecular weight is 369 g/mol. The zero-order valence-electron chi connectivity index (χ0n) is 15.7. The van der Waals surface area contributed by atoms with Gasteiger partial charge in [0.25, 0.3) is 5.91 Å². The Morgan fingerprint density at radius 2 is 1.88 bits per heavy atom. The van der Waals surface area contributed by atoms with Crippen LogP contribution in [-0.2, 0) is 6.42 Å². The Morgan fingerprint density at radius 1 is 1.15 bits per heavy atom. The summed E-state index contributed by atoms with van der Waals surface area (Å²) in [5.74, 6) is 0.247. The molecule has 0 unspecified atom stereocenters. The van der Waals surface area contributed by atoms with E-state index in [0.717, 1.165) is 46.4 Å². The molecule has 136 valence electrons. The molecule has 0 saturated heterocycles. The molecule has 0 bridgehead atoms. The predicted octanol–water partition coefficient (Wildman–Crippen LogP) is 5.11. The number of aryl methyl sites for hydroxylation is 1. The van der Waals surface area contributed by atoms with E-state index < -0.39 is 0 Å². The monoisotopic (exact) mass is 368 g/mol. The number of pyridine rings is 1. The number of carbonyl (C=O) groups is 1. The van der Waals surface area contributed by atoms with Crippen molar-refractivity contribution >= 4 is 33.3 Å². The number of amides is 1. The lowest BCUT2D eigenvalue weighted by molar-refractivity contribution is 0.102. The van der Waals surface area contributed by atoms with Crippen molar-refractivity contribution in [2.24, 2.45) is 0 Å². The van der Waals surface area contributed by atoms with Crippen LogP contribution in [-0.4, -0.2) is 21.1 Å². The van der Waals surface area contributed by atoms with Crippen LogP contribution in [0.4, 0.5) is 5.13 Å². The molecule has 0 fully saturated rings. The highest BCUT2D eigenvalue weighted by Crippen LogP contribution is 2.29. The third-order valence-corrected chi connectivity index (χ3v) is 5.80. The van der Waals surface area contributed by atoms with Crippen LogP contribution in [0.15, 0.2) is 24.3 Å². The second-order valence-electron chi connectivity index (χ2n) is 6.34. The normalized spacial score (nSPS) is 11.3. The van der Waals surface area contributed by atoms with Gasteiger partial charge in [-0.3, -0.25) is 15.1 Å². The first kappa shape index (κ1) is 18.5. The van der Waals surface area contributed by atoms with E-state index in [1.165, 1.54) is 11.3 Å². The number of benzene rings is 1. The highest BCUT2D eigenvalue weighted by Gasteiger charge is 2.20. The molecule has 26 heavy (non-hydrogen) atoms. The molecule has 1 amide bonds. The third-order valence-electron chi connectivity index (χ3n) is 4.79. The van der Waals surface area contributed by atoms with E-state index in [9.17, 15) is 4.79 Å². The fourth-order valence-corrected chi connectivity index (χ4v) is 4.25. The van der Waals surface area contributed by atoms with Gasteiger partial charge in [-0.25, -0.2) is 0 Å². The molecule has 2 heterocycles. The quantitative estimate of drug-likeness (QED) is 0.656. The lowest BCUT2D eigenvalue weighted by Gasteiger charge is -2.12. The molecule has 2 aromatic heterocycles. The number of hydrogen-bond acceptors (Lipinski definition) is 5. The minimum atomic E-state index is -0.150. The molecule has 0 atom stereocenters. The van der Waals surface area contributed by atoms with Crippen LogP contribution >= 0.6 is 11.3 Å². The van der Waals surface area contributed by atoms with E-state index in [4.69, 9.17) is 0 Å². The highest BCUT2D eigenvalue weighted by atomic mass is 32.1. The molecule has 1 aromatic carbocycles. The van der Waals surface area contributed by atoms with Gasteiger partial charge in [0.2, 0.25) is 5.13 Å². The molecule has 0 saturated carbocycles. The molecular weight excluding hydrogens is 344 g/mol. The molecule has 3 rings (SSSR count). The first-order valence-electron chi connectivity index (χ1n) is 9.11. The van der Waals surface area contributed by atoms with Gasteiger partial charge >= 0.3 is 0 Å². The van der Waals surface area contributed by atoms with Crippen molar-refractivity contribution in [3.63, 3.8) is 0 Å². The Bertz CT molecular complexity index is 931. The second kappa shape index (κ2) is 7.91. The number of anilines is 1. The number of carbonyl (C=O) groups excluding carboxylic acids is 1.